The van der Waals surface area contributed by atoms with E-state index in [4.69, 9.17) is 5.84 Å². The molecule has 0 atom stereocenters. The van der Waals surface area contributed by atoms with E-state index in [-0.39, 0.29) is 5.91 Å². The molecule has 1 fully saturated rings. The maximum atomic E-state index is 12.3. The van der Waals surface area contributed by atoms with Crippen molar-refractivity contribution < 1.29 is 4.79 Å². The molecule has 2 rings (SSSR count). The summed E-state index contributed by atoms with van der Waals surface area (Å²) >= 11 is 0. The summed E-state index contributed by atoms with van der Waals surface area (Å²) in [6, 6.07) is 3.50. The summed E-state index contributed by atoms with van der Waals surface area (Å²) in [5.41, 5.74) is 3.01. The maximum absolute atomic E-state index is 12.3. The minimum absolute atomic E-state index is 0.0120. The molecule has 92 valence electrons. The number of rotatable bonds is 2. The van der Waals surface area contributed by atoms with E-state index in [0.29, 0.717) is 17.3 Å². The number of hydrazine groups is 1. The second-order valence-corrected chi connectivity index (χ2v) is 4.52. The highest BCUT2D eigenvalue weighted by molar-refractivity contribution is 5.98. The molecular formula is C12H18N4O. The maximum Gasteiger partial charge on any atom is 0.257 e. The molecular weight excluding hydrogens is 216 g/mol. The van der Waals surface area contributed by atoms with Crippen LogP contribution in [0.15, 0.2) is 18.3 Å². The predicted molar refractivity (Wildman–Crippen MR) is 66.3 cm³/mol. The zero-order chi connectivity index (χ0) is 12.3. The van der Waals surface area contributed by atoms with Crippen LogP contribution in [-0.4, -0.2) is 28.9 Å². The van der Waals surface area contributed by atoms with Crippen LogP contribution in [0.1, 0.15) is 30.1 Å². The van der Waals surface area contributed by atoms with E-state index < -0.39 is 0 Å². The van der Waals surface area contributed by atoms with E-state index in [9.17, 15) is 4.79 Å². The highest BCUT2D eigenvalue weighted by Gasteiger charge is 2.23. The summed E-state index contributed by atoms with van der Waals surface area (Å²) in [6.45, 7) is 3.86. The Bertz CT molecular complexity index is 399. The molecule has 0 bridgehead atoms. The van der Waals surface area contributed by atoms with Gasteiger partial charge in [0.05, 0.1) is 5.56 Å². The van der Waals surface area contributed by atoms with Gasteiger partial charge in [0, 0.05) is 19.3 Å². The number of nitrogens with two attached hydrogens (primary N) is 1. The Morgan fingerprint density at radius 1 is 1.53 bits per heavy atom. The lowest BCUT2D eigenvalue weighted by molar-refractivity contribution is 0.0698. The molecule has 1 aromatic rings. The molecule has 0 spiro atoms. The third kappa shape index (κ3) is 2.55. The van der Waals surface area contributed by atoms with Gasteiger partial charge in [-0.3, -0.25) is 4.79 Å². The van der Waals surface area contributed by atoms with Crippen molar-refractivity contribution in [3.63, 3.8) is 0 Å². The number of nitrogens with zero attached hydrogens (tertiary/aromatic N) is 2. The van der Waals surface area contributed by atoms with Gasteiger partial charge in [0.2, 0.25) is 0 Å². The summed E-state index contributed by atoms with van der Waals surface area (Å²) in [5.74, 6) is 6.52. The molecule has 1 amide bonds. The fraction of sp³-hybridized carbons (Fsp3) is 0.500. The van der Waals surface area contributed by atoms with E-state index in [2.05, 4.69) is 17.3 Å². The van der Waals surface area contributed by atoms with Crippen molar-refractivity contribution in [1.29, 1.82) is 0 Å². The second kappa shape index (κ2) is 5.14. The van der Waals surface area contributed by atoms with Gasteiger partial charge in [-0.05, 0) is 30.9 Å². The van der Waals surface area contributed by atoms with Gasteiger partial charge in [-0.2, -0.15) is 0 Å². The molecule has 1 aliphatic heterocycles. The minimum atomic E-state index is 0.0120. The van der Waals surface area contributed by atoms with Gasteiger partial charge >= 0.3 is 0 Å². The van der Waals surface area contributed by atoms with E-state index in [1.54, 1.807) is 18.3 Å². The van der Waals surface area contributed by atoms with Gasteiger partial charge in [-0.1, -0.05) is 6.92 Å². The fourth-order valence-corrected chi connectivity index (χ4v) is 2.07. The topological polar surface area (TPSA) is 71.2 Å². The number of nitrogen functional groups attached to an aromatic ring is 1. The van der Waals surface area contributed by atoms with Crippen LogP contribution in [0.5, 0.6) is 0 Å². The van der Waals surface area contributed by atoms with Crippen LogP contribution in [0.25, 0.3) is 0 Å². The monoisotopic (exact) mass is 234 g/mol. The molecule has 3 N–H and O–H groups in total. The van der Waals surface area contributed by atoms with Crippen molar-refractivity contribution in [2.75, 3.05) is 18.5 Å². The Kier molecular flexibility index (Phi) is 3.58. The molecule has 0 unspecified atom stereocenters. The number of nitrogens with one attached hydrogen (secondary N) is 1. The quantitative estimate of drug-likeness (QED) is 0.596. The van der Waals surface area contributed by atoms with Gasteiger partial charge in [0.15, 0.2) is 5.82 Å². The number of carbonyl (C=O) groups is 1. The summed E-state index contributed by atoms with van der Waals surface area (Å²) in [4.78, 5) is 18.2. The zero-order valence-electron chi connectivity index (χ0n) is 10.0. The molecule has 0 radical (unpaired) electrons. The number of hydrogen-bond acceptors (Lipinski definition) is 4. The fourth-order valence-electron chi connectivity index (χ4n) is 2.07. The minimum Gasteiger partial charge on any atom is -0.339 e. The number of anilines is 1. The second-order valence-electron chi connectivity index (χ2n) is 4.52. The molecule has 0 aromatic carbocycles. The first-order valence-corrected chi connectivity index (χ1v) is 5.93. The van der Waals surface area contributed by atoms with Crippen LogP contribution >= 0.6 is 0 Å². The van der Waals surface area contributed by atoms with E-state index in [0.717, 1.165) is 25.9 Å². The van der Waals surface area contributed by atoms with Crippen LogP contribution in [0.2, 0.25) is 0 Å². The zero-order valence-corrected chi connectivity index (χ0v) is 10.0. The average Bonchev–Trinajstić information content (AvgIpc) is 2.39. The van der Waals surface area contributed by atoms with E-state index >= 15 is 0 Å². The number of pyridine rings is 1. The van der Waals surface area contributed by atoms with Gasteiger partial charge in [0.25, 0.3) is 5.91 Å². The molecule has 5 heteroatoms. The van der Waals surface area contributed by atoms with Gasteiger partial charge in [-0.25, -0.2) is 10.8 Å². The number of aromatic nitrogens is 1. The van der Waals surface area contributed by atoms with Crippen molar-refractivity contribution in [3.05, 3.63) is 23.9 Å². The molecule has 2 heterocycles. The first-order chi connectivity index (χ1) is 8.22. The normalized spacial score (nSPS) is 16.9. The Morgan fingerprint density at radius 3 is 2.88 bits per heavy atom. The summed E-state index contributed by atoms with van der Waals surface area (Å²) < 4.78 is 0. The smallest absolute Gasteiger partial charge is 0.257 e. The Morgan fingerprint density at radius 2 is 2.24 bits per heavy atom. The third-order valence-electron chi connectivity index (χ3n) is 3.25. The SMILES string of the molecule is CC1CCN(C(=O)c2cccnc2NN)CC1. The highest BCUT2D eigenvalue weighted by Crippen LogP contribution is 2.20. The van der Waals surface area contributed by atoms with Gasteiger partial charge < -0.3 is 10.3 Å². The molecule has 0 saturated carbocycles. The third-order valence-corrected chi connectivity index (χ3v) is 3.25. The lowest BCUT2D eigenvalue weighted by atomic mass is 9.99. The number of amides is 1. The Hall–Kier alpha value is -1.62. The molecule has 0 aliphatic carbocycles. The van der Waals surface area contributed by atoms with E-state index in [1.165, 1.54) is 0 Å². The van der Waals surface area contributed by atoms with Crippen molar-refractivity contribution in [2.45, 2.75) is 19.8 Å². The van der Waals surface area contributed by atoms with E-state index in [1.807, 2.05) is 4.90 Å². The van der Waals surface area contributed by atoms with Crippen molar-refractivity contribution in [3.8, 4) is 0 Å². The number of hydrogen-bond donors (Lipinski definition) is 2. The van der Waals surface area contributed by atoms with Crippen molar-refractivity contribution in [2.24, 2.45) is 11.8 Å². The van der Waals surface area contributed by atoms with Crippen LogP contribution in [0.3, 0.4) is 0 Å². The predicted octanol–water partition coefficient (Wildman–Crippen LogP) is 1.24. The lowest BCUT2D eigenvalue weighted by Crippen LogP contribution is -2.38. The Balaban J connectivity index is 2.14. The molecule has 1 aliphatic rings. The summed E-state index contributed by atoms with van der Waals surface area (Å²) in [5, 5.41) is 0. The standard InChI is InChI=1S/C12H18N4O/c1-9-4-7-16(8-5-9)12(17)10-3-2-6-14-11(10)15-13/h2-3,6,9H,4-5,7-8,13H2,1H3,(H,14,15). The molecule has 5 nitrogen and oxygen atoms in total. The van der Waals surface area contributed by atoms with Crippen LogP contribution in [0, 0.1) is 5.92 Å². The van der Waals surface area contributed by atoms with Crippen LogP contribution < -0.4 is 11.3 Å². The lowest BCUT2D eigenvalue weighted by Gasteiger charge is -2.30. The average molecular weight is 234 g/mol. The Labute approximate surface area is 101 Å². The van der Waals surface area contributed by atoms with Crippen molar-refractivity contribution >= 4 is 11.7 Å². The van der Waals surface area contributed by atoms with Crippen LogP contribution in [0.4, 0.5) is 5.82 Å². The van der Waals surface area contributed by atoms with Crippen molar-refractivity contribution in [1.82, 2.24) is 9.88 Å². The number of carbonyl (C=O) groups excluding carboxylic acids is 1. The van der Waals surface area contributed by atoms with Gasteiger partial charge in [-0.15, -0.1) is 0 Å². The molecule has 1 saturated heterocycles. The first kappa shape index (κ1) is 11.9. The largest absolute Gasteiger partial charge is 0.339 e. The van der Waals surface area contributed by atoms with Gasteiger partial charge in [0.1, 0.15) is 0 Å². The summed E-state index contributed by atoms with van der Waals surface area (Å²) in [7, 11) is 0. The number of piperidine rings is 1. The first-order valence-electron chi connectivity index (χ1n) is 5.93. The van der Waals surface area contributed by atoms with Crippen LogP contribution in [-0.2, 0) is 0 Å². The highest BCUT2D eigenvalue weighted by atomic mass is 16.2. The summed E-state index contributed by atoms with van der Waals surface area (Å²) in [6.07, 6.45) is 3.75. The number of likely N-dealkylation sites (tertiary alicyclic amines) is 1. The molecule has 1 aromatic heterocycles. The molecule has 17 heavy (non-hydrogen) atoms.